The van der Waals surface area contributed by atoms with Gasteiger partial charge in [-0.2, -0.15) is 0 Å². The molecule has 0 unspecified atom stereocenters. The molecule has 1 aliphatic carbocycles. The monoisotopic (exact) mass is 350 g/mol. The summed E-state index contributed by atoms with van der Waals surface area (Å²) in [6, 6.07) is 10.7. The van der Waals surface area contributed by atoms with Crippen molar-refractivity contribution in [3.05, 3.63) is 35.9 Å². The molecule has 24 heavy (non-hydrogen) atoms. The molecule has 0 aliphatic heterocycles. The van der Waals surface area contributed by atoms with Crippen molar-refractivity contribution in [1.82, 2.24) is 0 Å². The second kappa shape index (κ2) is 8.51. The maximum Gasteiger partial charge on any atom is 0.155 e. The Hall–Kier alpha value is -0.830. The fourth-order valence-corrected chi connectivity index (χ4v) is 5.11. The summed E-state index contributed by atoms with van der Waals surface area (Å²) in [5, 5.41) is 0. The van der Waals surface area contributed by atoms with E-state index in [0.717, 1.165) is 18.8 Å². The fourth-order valence-electron chi connectivity index (χ4n) is 3.65. The molecule has 3 heteroatoms. The number of hydrogen-bond acceptors (Lipinski definition) is 2. The Morgan fingerprint density at radius 3 is 2.08 bits per heavy atom. The molecule has 136 valence electrons. The summed E-state index contributed by atoms with van der Waals surface area (Å²) >= 11 is 0. The van der Waals surface area contributed by atoms with E-state index in [1.807, 2.05) is 20.8 Å². The average Bonchev–Trinajstić information content (AvgIpc) is 2.53. The first kappa shape index (κ1) is 19.5. The quantitative estimate of drug-likeness (QED) is 0.615. The van der Waals surface area contributed by atoms with Crippen molar-refractivity contribution in [3.8, 4) is 0 Å². The van der Waals surface area contributed by atoms with Crippen molar-refractivity contribution in [1.29, 1.82) is 0 Å². The maximum atomic E-state index is 12.3. The molecule has 0 amide bonds. The fraction of sp³-hybridized carbons (Fsp3) is 0.714. The minimum atomic E-state index is -2.97. The molecule has 1 aromatic rings. The van der Waals surface area contributed by atoms with Gasteiger partial charge in [0.1, 0.15) is 0 Å². The number of unbranched alkanes of at least 4 members (excludes halogenated alkanes) is 1. The van der Waals surface area contributed by atoms with E-state index in [2.05, 4.69) is 30.3 Å². The van der Waals surface area contributed by atoms with Gasteiger partial charge in [0.15, 0.2) is 9.84 Å². The lowest BCUT2D eigenvalue weighted by atomic mass is 9.80. The van der Waals surface area contributed by atoms with Crippen LogP contribution in [0.3, 0.4) is 0 Å². The van der Waals surface area contributed by atoms with Gasteiger partial charge in [0.2, 0.25) is 0 Å². The van der Waals surface area contributed by atoms with Crippen molar-refractivity contribution < 1.29 is 8.42 Å². The Bertz CT molecular complexity index is 576. The lowest BCUT2D eigenvalue weighted by molar-refractivity contribution is 0.272. The predicted octanol–water partition coefficient (Wildman–Crippen LogP) is 5.42. The third kappa shape index (κ3) is 5.91. The van der Waals surface area contributed by atoms with Gasteiger partial charge in [0.25, 0.3) is 0 Å². The summed E-state index contributed by atoms with van der Waals surface area (Å²) in [6.07, 6.45) is 9.68. The van der Waals surface area contributed by atoms with Crippen molar-refractivity contribution in [3.63, 3.8) is 0 Å². The highest BCUT2D eigenvalue weighted by Crippen LogP contribution is 2.34. The number of aryl methyl sites for hydroxylation is 1. The van der Waals surface area contributed by atoms with Crippen LogP contribution in [-0.2, 0) is 16.3 Å². The lowest BCUT2D eigenvalue weighted by Crippen LogP contribution is -2.34. The largest absolute Gasteiger partial charge is 0.228 e. The van der Waals surface area contributed by atoms with E-state index in [0.29, 0.717) is 11.7 Å². The Morgan fingerprint density at radius 2 is 1.50 bits per heavy atom. The van der Waals surface area contributed by atoms with Gasteiger partial charge in [-0.1, -0.05) is 56.0 Å². The highest BCUT2D eigenvalue weighted by Gasteiger charge is 2.33. The van der Waals surface area contributed by atoms with Crippen LogP contribution in [0.1, 0.15) is 71.3 Å². The topological polar surface area (TPSA) is 34.1 Å². The van der Waals surface area contributed by atoms with Gasteiger partial charge >= 0.3 is 0 Å². The Labute approximate surface area is 149 Å². The Balaban J connectivity index is 1.64. The van der Waals surface area contributed by atoms with Gasteiger partial charge in [-0.05, 0) is 63.9 Å². The Morgan fingerprint density at radius 1 is 0.917 bits per heavy atom. The third-order valence-corrected chi connectivity index (χ3v) is 8.30. The number of hydrogen-bond donors (Lipinski definition) is 0. The summed E-state index contributed by atoms with van der Waals surface area (Å²) in [6.45, 7) is 5.46. The maximum absolute atomic E-state index is 12.3. The summed E-state index contributed by atoms with van der Waals surface area (Å²) < 4.78 is 24.1. The predicted molar refractivity (Wildman–Crippen MR) is 103 cm³/mol. The van der Waals surface area contributed by atoms with E-state index in [9.17, 15) is 8.42 Å². The van der Waals surface area contributed by atoms with Gasteiger partial charge in [-0.15, -0.1) is 0 Å². The molecule has 0 atom stereocenters. The van der Waals surface area contributed by atoms with E-state index in [4.69, 9.17) is 0 Å². The molecule has 2 nitrogen and oxygen atoms in total. The average molecular weight is 351 g/mol. The van der Waals surface area contributed by atoms with Crippen LogP contribution in [-0.4, -0.2) is 18.9 Å². The molecule has 0 saturated heterocycles. The standard InChI is InChI=1S/C21H34O2S/c1-21(2,3)24(22,23)17-20-15-13-19(14-16-20)12-8-7-11-18-9-5-4-6-10-18/h4-6,9-10,19-20H,7-8,11-17H2,1-3H3. The number of sulfone groups is 1. The van der Waals surface area contributed by atoms with Crippen LogP contribution >= 0.6 is 0 Å². The van der Waals surface area contributed by atoms with E-state index >= 15 is 0 Å². The van der Waals surface area contributed by atoms with Gasteiger partial charge in [0, 0.05) is 0 Å². The zero-order chi connectivity index (χ0) is 17.6. The van der Waals surface area contributed by atoms with Gasteiger partial charge < -0.3 is 0 Å². The zero-order valence-electron chi connectivity index (χ0n) is 15.6. The summed E-state index contributed by atoms with van der Waals surface area (Å²) in [4.78, 5) is 0. The molecule has 0 spiro atoms. The van der Waals surface area contributed by atoms with Crippen LogP contribution in [0.15, 0.2) is 30.3 Å². The smallest absolute Gasteiger partial charge is 0.155 e. The second-order valence-electron chi connectivity index (χ2n) is 8.51. The summed E-state index contributed by atoms with van der Waals surface area (Å²) in [5.74, 6) is 1.58. The molecule has 1 fully saturated rings. The minimum Gasteiger partial charge on any atom is -0.228 e. The van der Waals surface area contributed by atoms with Crippen molar-refractivity contribution in [2.75, 3.05) is 5.75 Å². The highest BCUT2D eigenvalue weighted by molar-refractivity contribution is 7.92. The van der Waals surface area contributed by atoms with E-state index in [-0.39, 0.29) is 0 Å². The van der Waals surface area contributed by atoms with E-state index in [1.54, 1.807) is 0 Å². The first-order valence-corrected chi connectivity index (χ1v) is 11.2. The molecule has 1 saturated carbocycles. The van der Waals surface area contributed by atoms with Crippen molar-refractivity contribution in [2.45, 2.75) is 76.9 Å². The molecule has 0 aromatic heterocycles. The molecule has 0 heterocycles. The number of rotatable bonds is 7. The molecule has 2 rings (SSSR count). The summed E-state index contributed by atoms with van der Waals surface area (Å²) in [7, 11) is -2.97. The van der Waals surface area contributed by atoms with E-state index in [1.165, 1.54) is 44.1 Å². The molecule has 1 aliphatic rings. The van der Waals surface area contributed by atoms with Crippen LogP contribution in [0, 0.1) is 11.8 Å². The van der Waals surface area contributed by atoms with Crippen LogP contribution in [0.25, 0.3) is 0 Å². The number of benzene rings is 1. The van der Waals surface area contributed by atoms with Gasteiger partial charge in [0.05, 0.1) is 10.5 Å². The van der Waals surface area contributed by atoms with Crippen LogP contribution in [0.4, 0.5) is 0 Å². The second-order valence-corrected chi connectivity index (χ2v) is 11.3. The van der Waals surface area contributed by atoms with Crippen LogP contribution < -0.4 is 0 Å². The normalized spacial score (nSPS) is 22.5. The SMILES string of the molecule is CC(C)(C)S(=O)(=O)CC1CCC(CCCCc2ccccc2)CC1. The first-order chi connectivity index (χ1) is 11.3. The first-order valence-electron chi connectivity index (χ1n) is 9.54. The zero-order valence-corrected chi connectivity index (χ0v) is 16.4. The van der Waals surface area contributed by atoms with Crippen LogP contribution in [0.5, 0.6) is 0 Å². The molecule has 1 aromatic carbocycles. The van der Waals surface area contributed by atoms with Gasteiger partial charge in [-0.25, -0.2) is 8.42 Å². The lowest BCUT2D eigenvalue weighted by Gasteiger charge is -2.30. The van der Waals surface area contributed by atoms with Crippen molar-refractivity contribution in [2.24, 2.45) is 11.8 Å². The van der Waals surface area contributed by atoms with Crippen molar-refractivity contribution >= 4 is 9.84 Å². The van der Waals surface area contributed by atoms with Crippen LogP contribution in [0.2, 0.25) is 0 Å². The highest BCUT2D eigenvalue weighted by atomic mass is 32.2. The Kier molecular flexibility index (Phi) is 6.91. The molecular weight excluding hydrogens is 316 g/mol. The van der Waals surface area contributed by atoms with Gasteiger partial charge in [-0.3, -0.25) is 0 Å². The van der Waals surface area contributed by atoms with E-state index < -0.39 is 14.6 Å². The molecule has 0 N–H and O–H groups in total. The minimum absolute atomic E-state index is 0.384. The molecule has 0 radical (unpaired) electrons. The molecular formula is C21H34O2S. The summed E-state index contributed by atoms with van der Waals surface area (Å²) in [5.41, 5.74) is 1.44. The third-order valence-electron chi connectivity index (χ3n) is 5.53. The molecule has 0 bridgehead atoms.